The fourth-order valence-corrected chi connectivity index (χ4v) is 6.36. The Hall–Kier alpha value is -2.97. The fraction of sp³-hybridized carbons (Fsp3) is 0.690. The van der Waals surface area contributed by atoms with E-state index in [0.717, 1.165) is 42.6 Å². The zero-order valence-corrected chi connectivity index (χ0v) is 23.6. The normalized spacial score (nSPS) is 18.3. The number of carbonyl (C=O) groups is 2. The Kier molecular flexibility index (Phi) is 9.05. The third-order valence-electron chi connectivity index (χ3n) is 8.00. The average molecular weight is 525 g/mol. The number of aryl methyl sites for hydroxylation is 2. The van der Waals surface area contributed by atoms with Gasteiger partial charge in [-0.3, -0.25) is 9.89 Å². The van der Waals surface area contributed by atoms with Crippen LogP contribution in [0.4, 0.5) is 10.5 Å². The van der Waals surface area contributed by atoms with Gasteiger partial charge in [-0.05, 0) is 52.4 Å². The monoisotopic (exact) mass is 524 g/mol. The van der Waals surface area contributed by atoms with Crippen molar-refractivity contribution in [1.82, 2.24) is 25.5 Å². The molecule has 2 aromatic rings. The highest BCUT2D eigenvalue weighted by Crippen LogP contribution is 2.42. The van der Waals surface area contributed by atoms with E-state index in [2.05, 4.69) is 30.8 Å². The topological polar surface area (TPSA) is 122 Å². The van der Waals surface area contributed by atoms with Crippen molar-refractivity contribution in [3.8, 4) is 11.4 Å². The van der Waals surface area contributed by atoms with Gasteiger partial charge in [-0.1, -0.05) is 64.2 Å². The van der Waals surface area contributed by atoms with E-state index >= 15 is 0 Å². The van der Waals surface area contributed by atoms with Gasteiger partial charge in [0.15, 0.2) is 5.82 Å². The van der Waals surface area contributed by atoms with Gasteiger partial charge in [0.2, 0.25) is 5.91 Å². The first-order chi connectivity index (χ1) is 18.1. The lowest BCUT2D eigenvalue weighted by Crippen LogP contribution is -2.54. The molecule has 0 radical (unpaired) electrons. The Bertz CT molecular complexity index is 1040. The molecule has 9 nitrogen and oxygen atoms in total. The predicted octanol–water partition coefficient (Wildman–Crippen LogP) is 6.09. The summed E-state index contributed by atoms with van der Waals surface area (Å²) in [6.07, 6.45) is 14.3. The van der Waals surface area contributed by atoms with Crippen LogP contribution in [0.3, 0.4) is 0 Å². The van der Waals surface area contributed by atoms with Crippen LogP contribution in [0.15, 0.2) is 12.4 Å². The minimum Gasteiger partial charge on any atom is -0.444 e. The number of amides is 2. The number of nitrogens with zero attached hydrogens (tertiary/aromatic N) is 3. The molecular formula is C29H44N6O3. The van der Waals surface area contributed by atoms with Crippen LogP contribution < -0.4 is 10.6 Å². The summed E-state index contributed by atoms with van der Waals surface area (Å²) in [6, 6.07) is -0.686. The number of aromatic nitrogens is 4. The van der Waals surface area contributed by atoms with E-state index in [1.807, 2.05) is 34.6 Å². The first-order valence-corrected chi connectivity index (χ1v) is 14.3. The largest absolute Gasteiger partial charge is 0.444 e. The summed E-state index contributed by atoms with van der Waals surface area (Å²) >= 11 is 0. The molecular weight excluding hydrogens is 480 g/mol. The highest BCUT2D eigenvalue weighted by molar-refractivity contribution is 5.96. The summed E-state index contributed by atoms with van der Waals surface area (Å²) in [6.45, 7) is 9.34. The molecule has 9 heteroatoms. The molecule has 2 heterocycles. The molecule has 2 aliphatic carbocycles. The van der Waals surface area contributed by atoms with Crippen molar-refractivity contribution in [1.29, 1.82) is 0 Å². The second-order valence-corrected chi connectivity index (χ2v) is 12.1. The van der Waals surface area contributed by atoms with Gasteiger partial charge < -0.3 is 15.4 Å². The van der Waals surface area contributed by atoms with Gasteiger partial charge >= 0.3 is 6.09 Å². The second-order valence-electron chi connectivity index (χ2n) is 12.1. The molecule has 38 heavy (non-hydrogen) atoms. The van der Waals surface area contributed by atoms with Crippen LogP contribution in [0.5, 0.6) is 0 Å². The maximum absolute atomic E-state index is 13.9. The molecule has 0 saturated heterocycles. The second kappa shape index (κ2) is 12.3. The standard InChI is InChI=1S/C29H44N6O3/c1-18-23(19(2)35-34-18)26-30-16-22(17-31-26)32-27(36)25(33-28(37)38-29(3,4)5)24(20-12-8-6-9-13-20)21-14-10-7-11-15-21/h16-17,20-21,24-25H,6-15H2,1-5H3,(H,32,36)(H,33,37)(H,34,35). The number of H-pyrrole nitrogens is 1. The molecule has 2 aromatic heterocycles. The van der Waals surface area contributed by atoms with E-state index in [4.69, 9.17) is 4.74 Å². The third-order valence-corrected chi connectivity index (χ3v) is 8.00. The van der Waals surface area contributed by atoms with Crippen molar-refractivity contribution in [3.05, 3.63) is 23.8 Å². The Labute approximate surface area is 226 Å². The number of anilines is 1. The average Bonchev–Trinajstić information content (AvgIpc) is 3.22. The number of nitrogens with one attached hydrogen (secondary N) is 3. The van der Waals surface area contributed by atoms with Crippen LogP contribution in [-0.2, 0) is 9.53 Å². The highest BCUT2D eigenvalue weighted by atomic mass is 16.6. The summed E-state index contributed by atoms with van der Waals surface area (Å²) < 4.78 is 5.61. The summed E-state index contributed by atoms with van der Waals surface area (Å²) in [7, 11) is 0. The number of hydrogen-bond acceptors (Lipinski definition) is 6. The van der Waals surface area contributed by atoms with E-state index < -0.39 is 17.7 Å². The number of alkyl carbamates (subject to hydrolysis) is 1. The van der Waals surface area contributed by atoms with Gasteiger partial charge in [-0.25, -0.2) is 14.8 Å². The zero-order chi connectivity index (χ0) is 27.3. The molecule has 208 valence electrons. The molecule has 0 aliphatic heterocycles. The summed E-state index contributed by atoms with van der Waals surface area (Å²) in [5, 5.41) is 13.2. The fourth-order valence-electron chi connectivity index (χ4n) is 6.36. The lowest BCUT2D eigenvalue weighted by molar-refractivity contribution is -0.121. The van der Waals surface area contributed by atoms with Crippen LogP contribution in [-0.4, -0.2) is 43.8 Å². The van der Waals surface area contributed by atoms with E-state index in [1.54, 1.807) is 12.4 Å². The molecule has 2 amide bonds. The predicted molar refractivity (Wildman–Crippen MR) is 148 cm³/mol. The summed E-state index contributed by atoms with van der Waals surface area (Å²) in [5.74, 6) is 1.20. The first-order valence-electron chi connectivity index (χ1n) is 14.3. The number of carbonyl (C=O) groups excluding carboxylic acids is 2. The van der Waals surface area contributed by atoms with Crippen molar-refractivity contribution in [3.63, 3.8) is 0 Å². The molecule has 2 fully saturated rings. The Morgan fingerprint density at radius 1 is 0.947 bits per heavy atom. The third kappa shape index (κ3) is 7.11. The Morgan fingerprint density at radius 2 is 1.50 bits per heavy atom. The first kappa shape index (κ1) is 28.0. The van der Waals surface area contributed by atoms with Crippen molar-refractivity contribution >= 4 is 17.7 Å². The molecule has 0 aromatic carbocycles. The van der Waals surface area contributed by atoms with Gasteiger partial charge in [0.25, 0.3) is 0 Å². The lowest BCUT2D eigenvalue weighted by Gasteiger charge is -2.42. The molecule has 1 unspecified atom stereocenters. The van der Waals surface area contributed by atoms with Gasteiger partial charge in [0, 0.05) is 5.69 Å². The van der Waals surface area contributed by atoms with Crippen molar-refractivity contribution < 1.29 is 14.3 Å². The van der Waals surface area contributed by atoms with E-state index in [0.29, 0.717) is 23.3 Å². The molecule has 0 bridgehead atoms. The minimum atomic E-state index is -0.686. The lowest BCUT2D eigenvalue weighted by atomic mass is 9.66. The van der Waals surface area contributed by atoms with Crippen LogP contribution in [0.25, 0.3) is 11.4 Å². The van der Waals surface area contributed by atoms with Crippen LogP contribution in [0, 0.1) is 31.6 Å². The van der Waals surface area contributed by atoms with Gasteiger partial charge in [0.1, 0.15) is 11.6 Å². The number of rotatable bonds is 7. The molecule has 3 N–H and O–H groups in total. The number of ether oxygens (including phenoxy) is 1. The Morgan fingerprint density at radius 3 is 1.97 bits per heavy atom. The summed E-state index contributed by atoms with van der Waals surface area (Å²) in [4.78, 5) is 35.9. The van der Waals surface area contributed by atoms with Crippen LogP contribution in [0.2, 0.25) is 0 Å². The SMILES string of the molecule is Cc1n[nH]c(C)c1-c1ncc(NC(=O)C(NC(=O)OC(C)(C)C)C(C2CCCCC2)C2CCCCC2)cn1. The number of hydrogen-bond donors (Lipinski definition) is 3. The molecule has 0 spiro atoms. The summed E-state index contributed by atoms with van der Waals surface area (Å²) in [5.41, 5.74) is 2.43. The maximum atomic E-state index is 13.9. The van der Waals surface area contributed by atoms with Crippen molar-refractivity contribution in [2.75, 3.05) is 5.32 Å². The number of aromatic amines is 1. The van der Waals surface area contributed by atoms with Gasteiger partial charge in [-0.15, -0.1) is 0 Å². The van der Waals surface area contributed by atoms with Gasteiger partial charge in [0.05, 0.1) is 29.3 Å². The smallest absolute Gasteiger partial charge is 0.408 e. The molecule has 2 saturated carbocycles. The minimum absolute atomic E-state index is 0.0690. The van der Waals surface area contributed by atoms with Gasteiger partial charge in [-0.2, -0.15) is 5.10 Å². The zero-order valence-electron chi connectivity index (χ0n) is 23.6. The van der Waals surface area contributed by atoms with E-state index in [9.17, 15) is 9.59 Å². The molecule has 1 atom stereocenters. The highest BCUT2D eigenvalue weighted by Gasteiger charge is 2.41. The molecule has 2 aliphatic rings. The van der Waals surface area contributed by atoms with E-state index in [-0.39, 0.29) is 11.8 Å². The van der Waals surface area contributed by atoms with E-state index in [1.165, 1.54) is 38.5 Å². The van der Waals surface area contributed by atoms with Crippen LogP contribution >= 0.6 is 0 Å². The Balaban J connectivity index is 1.59. The van der Waals surface area contributed by atoms with Crippen molar-refractivity contribution in [2.24, 2.45) is 17.8 Å². The maximum Gasteiger partial charge on any atom is 0.408 e. The quantitative estimate of drug-likeness (QED) is 0.403. The van der Waals surface area contributed by atoms with Crippen LogP contribution in [0.1, 0.15) is 96.4 Å². The molecule has 4 rings (SSSR count). The van der Waals surface area contributed by atoms with Crippen molar-refractivity contribution in [2.45, 2.75) is 110 Å².